The van der Waals surface area contributed by atoms with Gasteiger partial charge in [-0.1, -0.05) is 6.07 Å². The molecule has 0 radical (unpaired) electrons. The maximum atomic E-state index is 11.7. The average molecular weight is 229 g/mol. The molecule has 2 aromatic rings. The van der Waals surface area contributed by atoms with Crippen molar-refractivity contribution in [1.29, 1.82) is 0 Å². The number of carbonyl (C=O) groups is 1. The Hall–Kier alpha value is -2.10. The molecule has 4 nitrogen and oxygen atoms in total. The lowest BCUT2D eigenvalue weighted by Gasteiger charge is -2.06. The SMILES string of the molecule is Cc1cc(C)cc(NC(=O)Cc2ccn[nH]2)c1. The van der Waals surface area contributed by atoms with E-state index in [4.69, 9.17) is 0 Å². The highest BCUT2D eigenvalue weighted by molar-refractivity contribution is 5.92. The molecule has 17 heavy (non-hydrogen) atoms. The average Bonchev–Trinajstić information content (AvgIpc) is 2.67. The van der Waals surface area contributed by atoms with Crippen LogP contribution >= 0.6 is 0 Å². The lowest BCUT2D eigenvalue weighted by atomic mass is 10.1. The lowest BCUT2D eigenvalue weighted by Crippen LogP contribution is -2.14. The molecule has 1 aromatic heterocycles. The van der Waals surface area contributed by atoms with Crippen LogP contribution in [0.2, 0.25) is 0 Å². The van der Waals surface area contributed by atoms with Crippen LogP contribution in [0.15, 0.2) is 30.5 Å². The number of aryl methyl sites for hydroxylation is 2. The Morgan fingerprint density at radius 1 is 1.29 bits per heavy atom. The summed E-state index contributed by atoms with van der Waals surface area (Å²) in [5.41, 5.74) is 3.93. The number of benzene rings is 1. The summed E-state index contributed by atoms with van der Waals surface area (Å²) < 4.78 is 0. The summed E-state index contributed by atoms with van der Waals surface area (Å²) in [4.78, 5) is 11.7. The fraction of sp³-hybridized carbons (Fsp3) is 0.231. The minimum absolute atomic E-state index is 0.0424. The van der Waals surface area contributed by atoms with E-state index in [0.717, 1.165) is 22.5 Å². The number of amides is 1. The van der Waals surface area contributed by atoms with Crippen LogP contribution in [0.5, 0.6) is 0 Å². The predicted molar refractivity (Wildman–Crippen MR) is 66.8 cm³/mol. The quantitative estimate of drug-likeness (QED) is 0.847. The van der Waals surface area contributed by atoms with Crippen LogP contribution in [0.1, 0.15) is 16.8 Å². The third kappa shape index (κ3) is 3.17. The highest BCUT2D eigenvalue weighted by Crippen LogP contribution is 2.13. The van der Waals surface area contributed by atoms with Gasteiger partial charge in [0.2, 0.25) is 5.91 Å². The molecule has 1 heterocycles. The van der Waals surface area contributed by atoms with Crippen LogP contribution in [-0.2, 0) is 11.2 Å². The molecule has 0 bridgehead atoms. The van der Waals surface area contributed by atoms with Crippen LogP contribution in [0.3, 0.4) is 0 Å². The summed E-state index contributed by atoms with van der Waals surface area (Å²) in [7, 11) is 0. The van der Waals surface area contributed by atoms with Gasteiger partial charge in [-0.2, -0.15) is 5.10 Å². The number of H-pyrrole nitrogens is 1. The van der Waals surface area contributed by atoms with E-state index in [1.54, 1.807) is 12.3 Å². The molecule has 88 valence electrons. The molecule has 0 atom stereocenters. The monoisotopic (exact) mass is 229 g/mol. The van der Waals surface area contributed by atoms with Gasteiger partial charge in [0.15, 0.2) is 0 Å². The van der Waals surface area contributed by atoms with E-state index < -0.39 is 0 Å². The topological polar surface area (TPSA) is 57.8 Å². The number of carbonyl (C=O) groups excluding carboxylic acids is 1. The minimum atomic E-state index is -0.0424. The van der Waals surface area contributed by atoms with Crippen LogP contribution in [0, 0.1) is 13.8 Å². The molecule has 0 aliphatic carbocycles. The van der Waals surface area contributed by atoms with Gasteiger partial charge in [0.1, 0.15) is 0 Å². The van der Waals surface area contributed by atoms with E-state index in [1.165, 1.54) is 0 Å². The second-order valence-corrected chi connectivity index (χ2v) is 4.18. The Bertz CT molecular complexity index is 497. The summed E-state index contributed by atoms with van der Waals surface area (Å²) in [6.45, 7) is 4.02. The largest absolute Gasteiger partial charge is 0.326 e. The number of hydrogen-bond acceptors (Lipinski definition) is 2. The smallest absolute Gasteiger partial charge is 0.230 e. The maximum Gasteiger partial charge on any atom is 0.230 e. The molecule has 4 heteroatoms. The fourth-order valence-corrected chi connectivity index (χ4v) is 1.81. The predicted octanol–water partition coefficient (Wildman–Crippen LogP) is 2.21. The van der Waals surface area contributed by atoms with E-state index in [0.29, 0.717) is 6.42 Å². The van der Waals surface area contributed by atoms with Gasteiger partial charge in [-0.25, -0.2) is 0 Å². The highest BCUT2D eigenvalue weighted by Gasteiger charge is 2.05. The summed E-state index contributed by atoms with van der Waals surface area (Å²) in [5, 5.41) is 9.45. The van der Waals surface area contributed by atoms with E-state index in [2.05, 4.69) is 21.6 Å². The highest BCUT2D eigenvalue weighted by atomic mass is 16.1. The summed E-state index contributed by atoms with van der Waals surface area (Å²) in [6, 6.07) is 7.78. The van der Waals surface area contributed by atoms with E-state index in [-0.39, 0.29) is 5.91 Å². The van der Waals surface area contributed by atoms with Crippen molar-refractivity contribution in [2.75, 3.05) is 5.32 Å². The van der Waals surface area contributed by atoms with Gasteiger partial charge in [-0.15, -0.1) is 0 Å². The fourth-order valence-electron chi connectivity index (χ4n) is 1.81. The van der Waals surface area contributed by atoms with Crippen molar-refractivity contribution in [3.05, 3.63) is 47.3 Å². The van der Waals surface area contributed by atoms with Crippen molar-refractivity contribution in [2.45, 2.75) is 20.3 Å². The molecular weight excluding hydrogens is 214 g/mol. The van der Waals surface area contributed by atoms with Gasteiger partial charge in [-0.3, -0.25) is 9.89 Å². The normalized spacial score (nSPS) is 10.2. The van der Waals surface area contributed by atoms with Crippen LogP contribution in [-0.4, -0.2) is 16.1 Å². The Balaban J connectivity index is 2.03. The van der Waals surface area contributed by atoms with Crippen molar-refractivity contribution < 1.29 is 4.79 Å². The molecule has 0 fully saturated rings. The molecule has 2 N–H and O–H groups in total. The Kier molecular flexibility index (Phi) is 3.23. The second-order valence-electron chi connectivity index (χ2n) is 4.18. The summed E-state index contributed by atoms with van der Waals surface area (Å²) in [5.74, 6) is -0.0424. The van der Waals surface area contributed by atoms with E-state index in [9.17, 15) is 4.79 Å². The van der Waals surface area contributed by atoms with Crippen LogP contribution < -0.4 is 5.32 Å². The van der Waals surface area contributed by atoms with Crippen molar-refractivity contribution in [1.82, 2.24) is 10.2 Å². The summed E-state index contributed by atoms with van der Waals surface area (Å²) >= 11 is 0. The van der Waals surface area contributed by atoms with Gasteiger partial charge in [-0.05, 0) is 43.2 Å². The third-order valence-corrected chi connectivity index (χ3v) is 2.41. The zero-order valence-electron chi connectivity index (χ0n) is 9.95. The first-order valence-corrected chi connectivity index (χ1v) is 5.50. The zero-order valence-corrected chi connectivity index (χ0v) is 9.95. The van der Waals surface area contributed by atoms with Crippen molar-refractivity contribution in [2.24, 2.45) is 0 Å². The number of aromatic nitrogens is 2. The molecule has 0 aliphatic heterocycles. The van der Waals surface area contributed by atoms with Crippen molar-refractivity contribution in [3.8, 4) is 0 Å². The van der Waals surface area contributed by atoms with Gasteiger partial charge >= 0.3 is 0 Å². The maximum absolute atomic E-state index is 11.7. The first kappa shape index (κ1) is 11.4. The number of hydrogen-bond donors (Lipinski definition) is 2. The summed E-state index contributed by atoms with van der Waals surface area (Å²) in [6.07, 6.45) is 1.95. The van der Waals surface area contributed by atoms with Gasteiger partial charge in [0, 0.05) is 17.6 Å². The number of anilines is 1. The Morgan fingerprint density at radius 2 is 2.00 bits per heavy atom. The molecular formula is C13H15N3O. The van der Waals surface area contributed by atoms with Crippen molar-refractivity contribution >= 4 is 11.6 Å². The number of nitrogens with one attached hydrogen (secondary N) is 2. The van der Waals surface area contributed by atoms with Gasteiger partial charge in [0.05, 0.1) is 6.42 Å². The number of aromatic amines is 1. The third-order valence-electron chi connectivity index (χ3n) is 2.41. The van der Waals surface area contributed by atoms with Gasteiger partial charge in [0.25, 0.3) is 0 Å². The molecule has 1 aromatic carbocycles. The minimum Gasteiger partial charge on any atom is -0.326 e. The van der Waals surface area contributed by atoms with Gasteiger partial charge < -0.3 is 5.32 Å². The lowest BCUT2D eigenvalue weighted by molar-refractivity contribution is -0.115. The molecule has 0 spiro atoms. The standard InChI is InChI=1S/C13H15N3O/c1-9-5-10(2)7-12(6-9)15-13(17)8-11-3-4-14-16-11/h3-7H,8H2,1-2H3,(H,14,16)(H,15,17). The molecule has 0 saturated heterocycles. The van der Waals surface area contributed by atoms with E-state index in [1.807, 2.05) is 26.0 Å². The first-order valence-electron chi connectivity index (χ1n) is 5.50. The van der Waals surface area contributed by atoms with Crippen LogP contribution in [0.4, 0.5) is 5.69 Å². The molecule has 0 saturated carbocycles. The zero-order chi connectivity index (χ0) is 12.3. The first-order chi connectivity index (χ1) is 8.13. The number of rotatable bonds is 3. The molecule has 2 rings (SSSR count). The molecule has 1 amide bonds. The number of nitrogens with zero attached hydrogens (tertiary/aromatic N) is 1. The van der Waals surface area contributed by atoms with Crippen LogP contribution in [0.25, 0.3) is 0 Å². The second kappa shape index (κ2) is 4.82. The van der Waals surface area contributed by atoms with Crippen molar-refractivity contribution in [3.63, 3.8) is 0 Å². The van der Waals surface area contributed by atoms with E-state index >= 15 is 0 Å². The Morgan fingerprint density at radius 3 is 2.59 bits per heavy atom. The molecule has 0 unspecified atom stereocenters. The molecule has 0 aliphatic rings. The Labute approximate surface area is 100 Å².